The van der Waals surface area contributed by atoms with Gasteiger partial charge >= 0.3 is 0 Å². The topological polar surface area (TPSA) is 67.4 Å². The molecule has 0 aromatic carbocycles. The highest BCUT2D eigenvalue weighted by atomic mass is 32.2. The van der Waals surface area contributed by atoms with Crippen LogP contribution in [0.4, 0.5) is 0 Å². The van der Waals surface area contributed by atoms with Crippen LogP contribution in [0.3, 0.4) is 0 Å². The molecule has 5 nitrogen and oxygen atoms in total. The quantitative estimate of drug-likeness (QED) is 0.807. The first-order chi connectivity index (χ1) is 8.11. The van der Waals surface area contributed by atoms with Gasteiger partial charge in [0.2, 0.25) is 0 Å². The first-order valence-corrected chi connectivity index (χ1v) is 5.85. The molecule has 0 N–H and O–H groups in total. The summed E-state index contributed by atoms with van der Waals surface area (Å²) in [5.74, 6) is 0.832. The number of pyridine rings is 1. The highest BCUT2D eigenvalue weighted by Crippen LogP contribution is 2.27. The summed E-state index contributed by atoms with van der Waals surface area (Å²) < 4.78 is 1.87. The van der Waals surface area contributed by atoms with Gasteiger partial charge in [0.1, 0.15) is 16.9 Å². The zero-order valence-corrected chi connectivity index (χ0v) is 10.6. The zero-order valence-electron chi connectivity index (χ0n) is 9.80. The van der Waals surface area contributed by atoms with Gasteiger partial charge in [0, 0.05) is 12.7 Å². The third kappa shape index (κ3) is 2.29. The average molecular weight is 245 g/mol. The van der Waals surface area contributed by atoms with Gasteiger partial charge in [-0.05, 0) is 37.7 Å². The molecule has 0 saturated heterocycles. The Hall–Kier alpha value is -1.87. The molecular weight excluding hydrogens is 234 g/mol. The summed E-state index contributed by atoms with van der Waals surface area (Å²) in [6, 6.07) is 5.72. The summed E-state index contributed by atoms with van der Waals surface area (Å²) in [4.78, 5) is 4.35. The normalized spacial score (nSPS) is 10.2. The zero-order chi connectivity index (χ0) is 12.4. The number of nitrogens with zero attached hydrogens (tertiary/aromatic N) is 5. The maximum Gasteiger partial charge on any atom is 0.197 e. The molecule has 17 heavy (non-hydrogen) atoms. The summed E-state index contributed by atoms with van der Waals surface area (Å²) in [7, 11) is 1.89. The van der Waals surface area contributed by atoms with Gasteiger partial charge in [0.25, 0.3) is 0 Å². The minimum atomic E-state index is 0.557. The maximum atomic E-state index is 9.02. The number of hydrogen-bond acceptors (Lipinski definition) is 5. The van der Waals surface area contributed by atoms with E-state index in [1.165, 1.54) is 11.8 Å². The summed E-state index contributed by atoms with van der Waals surface area (Å²) in [5.41, 5.74) is 1.44. The first kappa shape index (κ1) is 11.6. The Morgan fingerprint density at radius 2 is 2.06 bits per heavy atom. The molecule has 0 aliphatic heterocycles. The molecule has 0 radical (unpaired) electrons. The standard InChI is InChI=1S/C11H11N5S/c1-7-4-5-9(6-12)10(13-7)17-11-15-14-8(2)16(11)3/h4-5H,1-3H3. The van der Waals surface area contributed by atoms with E-state index in [2.05, 4.69) is 21.3 Å². The van der Waals surface area contributed by atoms with Crippen molar-refractivity contribution in [2.24, 2.45) is 7.05 Å². The van der Waals surface area contributed by atoms with Crippen LogP contribution in [0.15, 0.2) is 22.3 Å². The van der Waals surface area contributed by atoms with Crippen LogP contribution < -0.4 is 0 Å². The van der Waals surface area contributed by atoms with Crippen LogP contribution in [0.2, 0.25) is 0 Å². The Bertz CT molecular complexity index is 596. The lowest BCUT2D eigenvalue weighted by Gasteiger charge is -2.03. The maximum absolute atomic E-state index is 9.02. The van der Waals surface area contributed by atoms with Gasteiger partial charge in [-0.3, -0.25) is 0 Å². The van der Waals surface area contributed by atoms with Crippen molar-refractivity contribution in [2.45, 2.75) is 24.0 Å². The molecule has 0 saturated carbocycles. The Kier molecular flexibility index (Phi) is 3.11. The van der Waals surface area contributed by atoms with E-state index in [0.717, 1.165) is 16.7 Å². The molecule has 2 aromatic heterocycles. The van der Waals surface area contributed by atoms with Gasteiger partial charge in [-0.2, -0.15) is 5.26 Å². The van der Waals surface area contributed by atoms with Gasteiger partial charge in [-0.15, -0.1) is 10.2 Å². The van der Waals surface area contributed by atoms with Crippen molar-refractivity contribution in [1.82, 2.24) is 19.7 Å². The Balaban J connectivity index is 2.39. The van der Waals surface area contributed by atoms with E-state index in [1.54, 1.807) is 6.07 Å². The minimum Gasteiger partial charge on any atom is -0.309 e. The van der Waals surface area contributed by atoms with E-state index in [0.29, 0.717) is 10.6 Å². The fraction of sp³-hybridized carbons (Fsp3) is 0.273. The van der Waals surface area contributed by atoms with Crippen molar-refractivity contribution in [3.8, 4) is 6.07 Å². The molecule has 0 fully saturated rings. The van der Waals surface area contributed by atoms with Gasteiger partial charge in [-0.1, -0.05) is 0 Å². The van der Waals surface area contributed by atoms with E-state index in [-0.39, 0.29) is 0 Å². The number of nitriles is 1. The number of aromatic nitrogens is 4. The fourth-order valence-corrected chi connectivity index (χ4v) is 2.20. The highest BCUT2D eigenvalue weighted by molar-refractivity contribution is 7.99. The van der Waals surface area contributed by atoms with Crippen LogP contribution in [-0.2, 0) is 7.05 Å². The van der Waals surface area contributed by atoms with Crippen LogP contribution in [-0.4, -0.2) is 19.7 Å². The van der Waals surface area contributed by atoms with Crippen molar-refractivity contribution in [3.05, 3.63) is 29.2 Å². The molecule has 0 atom stereocenters. The van der Waals surface area contributed by atoms with Gasteiger partial charge in [-0.25, -0.2) is 4.98 Å². The SMILES string of the molecule is Cc1ccc(C#N)c(Sc2nnc(C)n2C)n1. The van der Waals surface area contributed by atoms with Crippen molar-refractivity contribution < 1.29 is 0 Å². The minimum absolute atomic E-state index is 0.557. The Morgan fingerprint density at radius 1 is 1.29 bits per heavy atom. The van der Waals surface area contributed by atoms with E-state index in [9.17, 15) is 0 Å². The fourth-order valence-electron chi connectivity index (χ4n) is 1.26. The molecular formula is C11H11N5S. The third-order valence-electron chi connectivity index (χ3n) is 2.36. The predicted molar refractivity (Wildman–Crippen MR) is 63.6 cm³/mol. The lowest BCUT2D eigenvalue weighted by atomic mass is 10.3. The van der Waals surface area contributed by atoms with Gasteiger partial charge < -0.3 is 4.57 Å². The summed E-state index contributed by atoms with van der Waals surface area (Å²) in [6.45, 7) is 3.78. The molecule has 86 valence electrons. The molecule has 0 amide bonds. The van der Waals surface area contributed by atoms with E-state index < -0.39 is 0 Å². The van der Waals surface area contributed by atoms with E-state index in [4.69, 9.17) is 5.26 Å². The second-order valence-corrected chi connectivity index (χ2v) is 4.56. The van der Waals surface area contributed by atoms with Crippen LogP contribution in [0.5, 0.6) is 0 Å². The molecule has 0 aliphatic rings. The second-order valence-electron chi connectivity index (χ2n) is 3.61. The molecule has 2 heterocycles. The third-order valence-corrected chi connectivity index (χ3v) is 3.40. The van der Waals surface area contributed by atoms with E-state index in [1.807, 2.05) is 31.5 Å². The van der Waals surface area contributed by atoms with Crippen molar-refractivity contribution >= 4 is 11.8 Å². The molecule has 2 rings (SSSR count). The number of hydrogen-bond donors (Lipinski definition) is 0. The molecule has 0 spiro atoms. The molecule has 0 bridgehead atoms. The van der Waals surface area contributed by atoms with Crippen molar-refractivity contribution in [1.29, 1.82) is 5.26 Å². The smallest absolute Gasteiger partial charge is 0.197 e. The monoisotopic (exact) mass is 245 g/mol. The number of aryl methyl sites for hydroxylation is 2. The predicted octanol–water partition coefficient (Wildman–Crippen LogP) is 1.85. The van der Waals surface area contributed by atoms with Crippen LogP contribution in [0, 0.1) is 25.2 Å². The summed E-state index contributed by atoms with van der Waals surface area (Å²) in [6.07, 6.45) is 0. The summed E-state index contributed by atoms with van der Waals surface area (Å²) >= 11 is 1.36. The number of rotatable bonds is 2. The summed E-state index contributed by atoms with van der Waals surface area (Å²) in [5, 5.41) is 18.4. The van der Waals surface area contributed by atoms with E-state index >= 15 is 0 Å². The van der Waals surface area contributed by atoms with Crippen LogP contribution >= 0.6 is 11.8 Å². The Morgan fingerprint density at radius 3 is 2.65 bits per heavy atom. The first-order valence-electron chi connectivity index (χ1n) is 5.03. The molecule has 0 unspecified atom stereocenters. The second kappa shape index (κ2) is 4.55. The lowest BCUT2D eigenvalue weighted by molar-refractivity contribution is 0.764. The molecule has 6 heteroatoms. The van der Waals surface area contributed by atoms with Crippen molar-refractivity contribution in [3.63, 3.8) is 0 Å². The highest BCUT2D eigenvalue weighted by Gasteiger charge is 2.11. The van der Waals surface area contributed by atoms with Crippen LogP contribution in [0.25, 0.3) is 0 Å². The van der Waals surface area contributed by atoms with Gasteiger partial charge in [0.05, 0.1) is 5.56 Å². The van der Waals surface area contributed by atoms with Gasteiger partial charge in [0.15, 0.2) is 5.16 Å². The van der Waals surface area contributed by atoms with Crippen LogP contribution in [0.1, 0.15) is 17.1 Å². The Labute approximate surface area is 104 Å². The lowest BCUT2D eigenvalue weighted by Crippen LogP contribution is -1.95. The largest absolute Gasteiger partial charge is 0.309 e. The van der Waals surface area contributed by atoms with Crippen molar-refractivity contribution in [2.75, 3.05) is 0 Å². The molecule has 0 aliphatic carbocycles. The molecule has 2 aromatic rings. The average Bonchev–Trinajstić information content (AvgIpc) is 2.61.